The minimum atomic E-state index is -3.79. The van der Waals surface area contributed by atoms with Gasteiger partial charge in [0.1, 0.15) is 0 Å². The first-order valence-corrected chi connectivity index (χ1v) is 7.66. The van der Waals surface area contributed by atoms with Crippen LogP contribution in [0.15, 0.2) is 53.4 Å². The fourth-order valence-electron chi connectivity index (χ4n) is 1.98. The van der Waals surface area contributed by atoms with E-state index in [0.717, 1.165) is 9.87 Å². The summed E-state index contributed by atoms with van der Waals surface area (Å²) in [4.78, 5) is 11.4. The van der Waals surface area contributed by atoms with Crippen molar-refractivity contribution < 1.29 is 18.3 Å². The lowest BCUT2D eigenvalue weighted by Crippen LogP contribution is -2.28. The third kappa shape index (κ3) is 2.90. The number of aryl methyl sites for hydroxylation is 1. The van der Waals surface area contributed by atoms with Gasteiger partial charge in [-0.1, -0.05) is 29.8 Å². The number of nitrogens with zero attached hydrogens (tertiary/aromatic N) is 1. The summed E-state index contributed by atoms with van der Waals surface area (Å²) >= 11 is 0. The van der Waals surface area contributed by atoms with Gasteiger partial charge < -0.3 is 5.11 Å². The van der Waals surface area contributed by atoms with Crippen molar-refractivity contribution in [2.75, 3.05) is 11.4 Å². The molecule has 2 rings (SSSR count). The fraction of sp³-hybridized carbons (Fsp3) is 0.133. The van der Waals surface area contributed by atoms with E-state index in [-0.39, 0.29) is 16.1 Å². The first-order valence-electron chi connectivity index (χ1n) is 6.22. The lowest BCUT2D eigenvalue weighted by atomic mass is 10.1. The van der Waals surface area contributed by atoms with Crippen LogP contribution in [-0.2, 0) is 10.0 Å². The number of hydrogen-bond acceptors (Lipinski definition) is 3. The molecule has 0 aliphatic rings. The number of rotatable bonds is 4. The zero-order chi connectivity index (χ0) is 15.6. The first-order chi connectivity index (χ1) is 9.84. The molecule has 0 spiro atoms. The molecule has 0 saturated heterocycles. The molecule has 0 saturated carbocycles. The summed E-state index contributed by atoms with van der Waals surface area (Å²) in [6, 6.07) is 12.5. The molecule has 0 heterocycles. The van der Waals surface area contributed by atoms with Crippen LogP contribution in [0.25, 0.3) is 0 Å². The second-order valence-corrected chi connectivity index (χ2v) is 6.58. The Morgan fingerprint density at radius 2 is 1.71 bits per heavy atom. The van der Waals surface area contributed by atoms with Gasteiger partial charge in [-0.25, -0.2) is 13.2 Å². The lowest BCUT2D eigenvalue weighted by Gasteiger charge is -2.21. The summed E-state index contributed by atoms with van der Waals surface area (Å²) in [7, 11) is -2.44. The van der Waals surface area contributed by atoms with Crippen molar-refractivity contribution in [2.45, 2.75) is 11.8 Å². The molecule has 1 N–H and O–H groups in total. The SMILES string of the molecule is Cc1ccc(N(C)S(=O)(=O)c2ccccc2)c(C(=O)O)c1. The highest BCUT2D eigenvalue weighted by atomic mass is 32.2. The van der Waals surface area contributed by atoms with E-state index in [1.54, 1.807) is 31.2 Å². The largest absolute Gasteiger partial charge is 0.478 e. The van der Waals surface area contributed by atoms with Crippen molar-refractivity contribution in [1.29, 1.82) is 0 Å². The Kier molecular flexibility index (Phi) is 3.99. The molecule has 2 aromatic rings. The van der Waals surface area contributed by atoms with E-state index in [4.69, 9.17) is 0 Å². The minimum Gasteiger partial charge on any atom is -0.478 e. The topological polar surface area (TPSA) is 74.7 Å². The molecule has 0 bridgehead atoms. The summed E-state index contributed by atoms with van der Waals surface area (Å²) in [6.45, 7) is 1.75. The van der Waals surface area contributed by atoms with Gasteiger partial charge in [0.05, 0.1) is 16.1 Å². The van der Waals surface area contributed by atoms with Crippen LogP contribution in [0.4, 0.5) is 5.69 Å². The van der Waals surface area contributed by atoms with Crippen molar-refractivity contribution in [3.63, 3.8) is 0 Å². The maximum absolute atomic E-state index is 12.5. The fourth-order valence-corrected chi connectivity index (χ4v) is 3.21. The van der Waals surface area contributed by atoms with Crippen molar-refractivity contribution >= 4 is 21.7 Å². The average Bonchev–Trinajstić information content (AvgIpc) is 2.47. The number of carboxylic acids is 1. The van der Waals surface area contributed by atoms with Gasteiger partial charge in [0.25, 0.3) is 10.0 Å². The summed E-state index contributed by atoms with van der Waals surface area (Å²) in [5.41, 5.74) is 0.843. The van der Waals surface area contributed by atoms with E-state index in [9.17, 15) is 18.3 Å². The van der Waals surface area contributed by atoms with Crippen molar-refractivity contribution in [3.05, 3.63) is 59.7 Å². The van der Waals surface area contributed by atoms with Crippen molar-refractivity contribution in [2.24, 2.45) is 0 Å². The highest BCUT2D eigenvalue weighted by Gasteiger charge is 2.24. The van der Waals surface area contributed by atoms with Gasteiger partial charge in [-0.15, -0.1) is 0 Å². The van der Waals surface area contributed by atoms with Gasteiger partial charge in [-0.3, -0.25) is 4.31 Å². The zero-order valence-corrected chi connectivity index (χ0v) is 12.5. The smallest absolute Gasteiger partial charge is 0.337 e. The molecular formula is C15H15NO4S. The normalized spacial score (nSPS) is 11.1. The van der Waals surface area contributed by atoms with Gasteiger partial charge in [0.15, 0.2) is 0 Å². The van der Waals surface area contributed by atoms with E-state index in [0.29, 0.717) is 0 Å². The second kappa shape index (κ2) is 5.57. The average molecular weight is 305 g/mol. The van der Waals surface area contributed by atoms with Crippen LogP contribution in [0, 0.1) is 6.92 Å². The highest BCUT2D eigenvalue weighted by molar-refractivity contribution is 7.92. The number of carbonyl (C=O) groups is 1. The van der Waals surface area contributed by atoms with Gasteiger partial charge in [0, 0.05) is 7.05 Å². The van der Waals surface area contributed by atoms with Crippen LogP contribution in [0.2, 0.25) is 0 Å². The van der Waals surface area contributed by atoms with Crippen LogP contribution < -0.4 is 4.31 Å². The van der Waals surface area contributed by atoms with E-state index >= 15 is 0 Å². The van der Waals surface area contributed by atoms with Crippen LogP contribution in [0.3, 0.4) is 0 Å². The number of benzene rings is 2. The number of sulfonamides is 1. The summed E-state index contributed by atoms with van der Waals surface area (Å²) in [6.07, 6.45) is 0. The third-order valence-electron chi connectivity index (χ3n) is 3.12. The molecule has 0 amide bonds. The van der Waals surface area contributed by atoms with Gasteiger partial charge in [-0.05, 0) is 31.2 Å². The quantitative estimate of drug-likeness (QED) is 0.942. The van der Waals surface area contributed by atoms with Crippen molar-refractivity contribution in [3.8, 4) is 0 Å². The van der Waals surface area contributed by atoms with E-state index in [2.05, 4.69) is 0 Å². The Labute approximate surface area is 123 Å². The summed E-state index contributed by atoms with van der Waals surface area (Å²) in [5.74, 6) is -1.16. The standard InChI is InChI=1S/C15H15NO4S/c1-11-8-9-14(13(10-11)15(17)18)16(2)21(19,20)12-6-4-3-5-7-12/h3-10H,1-2H3,(H,17,18). The summed E-state index contributed by atoms with van der Waals surface area (Å²) < 4.78 is 26.0. The maximum Gasteiger partial charge on any atom is 0.337 e. The molecule has 0 atom stereocenters. The second-order valence-electron chi connectivity index (χ2n) is 4.61. The van der Waals surface area contributed by atoms with Gasteiger partial charge in [0.2, 0.25) is 0 Å². The molecule has 110 valence electrons. The Hall–Kier alpha value is -2.34. The molecule has 0 fully saturated rings. The van der Waals surface area contributed by atoms with E-state index < -0.39 is 16.0 Å². The third-order valence-corrected chi connectivity index (χ3v) is 4.91. The van der Waals surface area contributed by atoms with Crippen LogP contribution >= 0.6 is 0 Å². The Bertz CT molecular complexity index is 770. The number of carboxylic acid groups (broad SMARTS) is 1. The predicted molar refractivity (Wildman–Crippen MR) is 80.2 cm³/mol. The molecule has 0 unspecified atom stereocenters. The molecular weight excluding hydrogens is 290 g/mol. The molecule has 0 aliphatic carbocycles. The molecule has 0 aromatic heterocycles. The molecule has 0 radical (unpaired) electrons. The van der Waals surface area contributed by atoms with Gasteiger partial charge in [-0.2, -0.15) is 0 Å². The molecule has 2 aromatic carbocycles. The molecule has 21 heavy (non-hydrogen) atoms. The van der Waals surface area contributed by atoms with Crippen LogP contribution in [0.1, 0.15) is 15.9 Å². The summed E-state index contributed by atoms with van der Waals surface area (Å²) in [5, 5.41) is 9.25. The molecule has 0 aliphatic heterocycles. The zero-order valence-electron chi connectivity index (χ0n) is 11.6. The minimum absolute atomic E-state index is 0.0444. The van der Waals surface area contributed by atoms with Crippen molar-refractivity contribution in [1.82, 2.24) is 0 Å². The predicted octanol–water partition coefficient (Wildman–Crippen LogP) is 2.52. The first kappa shape index (κ1) is 15.1. The number of hydrogen-bond donors (Lipinski definition) is 1. The monoisotopic (exact) mass is 305 g/mol. The van der Waals surface area contributed by atoms with Gasteiger partial charge >= 0.3 is 5.97 Å². The Morgan fingerprint density at radius 3 is 2.29 bits per heavy atom. The van der Waals surface area contributed by atoms with E-state index in [1.165, 1.54) is 31.3 Å². The molecule has 5 nitrogen and oxygen atoms in total. The number of aromatic carboxylic acids is 1. The Balaban J connectivity index is 2.55. The maximum atomic E-state index is 12.5. The highest BCUT2D eigenvalue weighted by Crippen LogP contribution is 2.26. The van der Waals surface area contributed by atoms with Crippen LogP contribution in [0.5, 0.6) is 0 Å². The van der Waals surface area contributed by atoms with Crippen LogP contribution in [-0.4, -0.2) is 26.5 Å². The molecule has 6 heteroatoms. The Morgan fingerprint density at radius 1 is 1.10 bits per heavy atom. The van der Waals surface area contributed by atoms with E-state index in [1.807, 2.05) is 0 Å². The lowest BCUT2D eigenvalue weighted by molar-refractivity contribution is 0.0697. The number of anilines is 1.